The van der Waals surface area contributed by atoms with Crippen LogP contribution in [0.5, 0.6) is 0 Å². The average molecular weight is 265 g/mol. The van der Waals surface area contributed by atoms with Gasteiger partial charge in [0, 0.05) is 30.6 Å². The van der Waals surface area contributed by atoms with Gasteiger partial charge >= 0.3 is 0 Å². The Morgan fingerprint density at radius 1 is 1.50 bits per heavy atom. The fraction of sp³-hybridized carbons (Fsp3) is 0.643. The van der Waals surface area contributed by atoms with E-state index in [4.69, 9.17) is 4.98 Å². The van der Waals surface area contributed by atoms with E-state index in [2.05, 4.69) is 54.0 Å². The van der Waals surface area contributed by atoms with E-state index in [1.54, 1.807) is 0 Å². The van der Waals surface area contributed by atoms with Crippen molar-refractivity contribution in [1.29, 1.82) is 0 Å². The Labute approximate surface area is 114 Å². The summed E-state index contributed by atoms with van der Waals surface area (Å²) in [6.45, 7) is 8.65. The summed E-state index contributed by atoms with van der Waals surface area (Å²) in [5.41, 5.74) is 1.15. The van der Waals surface area contributed by atoms with Crippen molar-refractivity contribution in [3.05, 3.63) is 23.9 Å². The lowest BCUT2D eigenvalue weighted by Crippen LogP contribution is -2.37. The van der Waals surface area contributed by atoms with Crippen LogP contribution in [-0.2, 0) is 6.54 Å². The number of pyridine rings is 1. The van der Waals surface area contributed by atoms with Gasteiger partial charge < -0.3 is 10.2 Å². The molecule has 0 radical (unpaired) electrons. The van der Waals surface area contributed by atoms with Gasteiger partial charge in [0.05, 0.1) is 5.69 Å². The van der Waals surface area contributed by atoms with E-state index in [1.165, 1.54) is 12.2 Å². The van der Waals surface area contributed by atoms with E-state index < -0.39 is 0 Å². The second-order valence-electron chi connectivity index (χ2n) is 4.79. The Kier molecular flexibility index (Phi) is 5.32. The SMILES string of the molecule is CCCNCc1cccc(N2CCSC(C)C2)n1. The maximum Gasteiger partial charge on any atom is 0.128 e. The van der Waals surface area contributed by atoms with Gasteiger partial charge in [-0.05, 0) is 25.1 Å². The second-order valence-corrected chi connectivity index (χ2v) is 6.34. The number of nitrogens with zero attached hydrogens (tertiary/aromatic N) is 2. The number of hydrogen-bond donors (Lipinski definition) is 1. The van der Waals surface area contributed by atoms with Crippen molar-refractivity contribution >= 4 is 17.6 Å². The summed E-state index contributed by atoms with van der Waals surface area (Å²) in [7, 11) is 0. The minimum absolute atomic E-state index is 0.711. The Hall–Kier alpha value is -0.740. The minimum Gasteiger partial charge on any atom is -0.355 e. The van der Waals surface area contributed by atoms with Crippen LogP contribution in [0.2, 0.25) is 0 Å². The van der Waals surface area contributed by atoms with Gasteiger partial charge in [0.25, 0.3) is 0 Å². The highest BCUT2D eigenvalue weighted by Crippen LogP contribution is 2.22. The minimum atomic E-state index is 0.711. The largest absolute Gasteiger partial charge is 0.355 e. The molecular formula is C14H23N3S. The number of hydrogen-bond acceptors (Lipinski definition) is 4. The summed E-state index contributed by atoms with van der Waals surface area (Å²) < 4.78 is 0. The first-order valence-corrected chi connectivity index (χ1v) is 7.87. The standard InChI is InChI=1S/C14H23N3S/c1-3-7-15-10-13-5-4-6-14(16-13)17-8-9-18-12(2)11-17/h4-6,12,15H,3,7-11H2,1-2H3. The van der Waals surface area contributed by atoms with Gasteiger partial charge in [-0.15, -0.1) is 0 Å². The molecular weight excluding hydrogens is 242 g/mol. The lowest BCUT2D eigenvalue weighted by atomic mass is 10.3. The molecule has 1 atom stereocenters. The van der Waals surface area contributed by atoms with E-state index in [-0.39, 0.29) is 0 Å². The molecule has 3 nitrogen and oxygen atoms in total. The molecule has 2 rings (SSSR count). The van der Waals surface area contributed by atoms with Gasteiger partial charge in [-0.2, -0.15) is 11.8 Å². The molecule has 0 saturated carbocycles. The molecule has 1 saturated heterocycles. The lowest BCUT2D eigenvalue weighted by Gasteiger charge is -2.31. The van der Waals surface area contributed by atoms with Crippen molar-refractivity contribution in [2.24, 2.45) is 0 Å². The van der Waals surface area contributed by atoms with Gasteiger partial charge in [0.1, 0.15) is 5.82 Å². The Morgan fingerprint density at radius 3 is 3.17 bits per heavy atom. The van der Waals surface area contributed by atoms with Crippen LogP contribution in [0.1, 0.15) is 26.0 Å². The maximum atomic E-state index is 4.76. The van der Waals surface area contributed by atoms with Crippen LogP contribution in [0.25, 0.3) is 0 Å². The molecule has 0 bridgehead atoms. The molecule has 0 spiro atoms. The molecule has 1 aliphatic heterocycles. The molecule has 4 heteroatoms. The third-order valence-electron chi connectivity index (χ3n) is 3.09. The number of rotatable bonds is 5. The Morgan fingerprint density at radius 2 is 2.39 bits per heavy atom. The zero-order valence-electron chi connectivity index (χ0n) is 11.4. The molecule has 100 valence electrons. The zero-order valence-corrected chi connectivity index (χ0v) is 12.2. The van der Waals surface area contributed by atoms with Crippen molar-refractivity contribution in [1.82, 2.24) is 10.3 Å². The number of nitrogens with one attached hydrogen (secondary N) is 1. The van der Waals surface area contributed by atoms with Crippen molar-refractivity contribution < 1.29 is 0 Å². The molecule has 18 heavy (non-hydrogen) atoms. The topological polar surface area (TPSA) is 28.2 Å². The molecule has 1 aromatic heterocycles. The first kappa shape index (κ1) is 13.7. The average Bonchev–Trinajstić information content (AvgIpc) is 2.39. The smallest absolute Gasteiger partial charge is 0.128 e. The normalized spacial score (nSPS) is 20.1. The molecule has 1 aliphatic rings. The van der Waals surface area contributed by atoms with Crippen LogP contribution < -0.4 is 10.2 Å². The van der Waals surface area contributed by atoms with E-state index in [0.29, 0.717) is 5.25 Å². The van der Waals surface area contributed by atoms with Gasteiger partial charge in [0.2, 0.25) is 0 Å². The van der Waals surface area contributed by atoms with E-state index >= 15 is 0 Å². The summed E-state index contributed by atoms with van der Waals surface area (Å²) in [5, 5.41) is 4.12. The van der Waals surface area contributed by atoms with Crippen molar-refractivity contribution in [3.63, 3.8) is 0 Å². The highest BCUT2D eigenvalue weighted by atomic mass is 32.2. The number of anilines is 1. The third-order valence-corrected chi connectivity index (χ3v) is 4.23. The fourth-order valence-electron chi connectivity index (χ4n) is 2.16. The van der Waals surface area contributed by atoms with Crippen LogP contribution in [0, 0.1) is 0 Å². The second kappa shape index (κ2) is 7.00. The van der Waals surface area contributed by atoms with E-state index in [9.17, 15) is 0 Å². The summed E-state index contributed by atoms with van der Waals surface area (Å²) >= 11 is 2.06. The molecule has 1 unspecified atom stereocenters. The molecule has 1 fully saturated rings. The summed E-state index contributed by atoms with van der Waals surface area (Å²) in [5.74, 6) is 2.35. The zero-order chi connectivity index (χ0) is 12.8. The van der Waals surface area contributed by atoms with E-state index in [0.717, 1.165) is 37.7 Å². The predicted molar refractivity (Wildman–Crippen MR) is 80.4 cm³/mol. The first-order valence-electron chi connectivity index (χ1n) is 6.83. The fourth-order valence-corrected chi connectivity index (χ4v) is 3.17. The molecule has 1 N–H and O–H groups in total. The van der Waals surface area contributed by atoms with Crippen LogP contribution >= 0.6 is 11.8 Å². The number of thioether (sulfide) groups is 1. The summed E-state index contributed by atoms with van der Waals surface area (Å²) in [4.78, 5) is 7.16. The summed E-state index contributed by atoms with van der Waals surface area (Å²) in [6, 6.07) is 6.36. The highest BCUT2D eigenvalue weighted by Gasteiger charge is 2.17. The molecule has 2 heterocycles. The van der Waals surface area contributed by atoms with Crippen LogP contribution in [0.3, 0.4) is 0 Å². The van der Waals surface area contributed by atoms with Gasteiger partial charge in [-0.1, -0.05) is 19.9 Å². The van der Waals surface area contributed by atoms with E-state index in [1.807, 2.05) is 0 Å². The Balaban J connectivity index is 1.97. The van der Waals surface area contributed by atoms with Gasteiger partial charge in [0.15, 0.2) is 0 Å². The first-order chi connectivity index (χ1) is 8.79. The molecule has 0 aromatic carbocycles. The van der Waals surface area contributed by atoms with Gasteiger partial charge in [-0.25, -0.2) is 4.98 Å². The van der Waals surface area contributed by atoms with Crippen molar-refractivity contribution in [3.8, 4) is 0 Å². The molecule has 0 aliphatic carbocycles. The lowest BCUT2D eigenvalue weighted by molar-refractivity contribution is 0.662. The molecule has 0 amide bonds. The number of aromatic nitrogens is 1. The highest BCUT2D eigenvalue weighted by molar-refractivity contribution is 8.00. The molecule has 1 aromatic rings. The Bertz CT molecular complexity index is 370. The summed E-state index contributed by atoms with van der Waals surface area (Å²) in [6.07, 6.45) is 1.17. The van der Waals surface area contributed by atoms with Crippen LogP contribution in [0.15, 0.2) is 18.2 Å². The quantitative estimate of drug-likeness (QED) is 0.828. The third kappa shape index (κ3) is 3.89. The predicted octanol–water partition coefficient (Wildman–Crippen LogP) is 2.52. The van der Waals surface area contributed by atoms with Crippen molar-refractivity contribution in [2.45, 2.75) is 32.1 Å². The maximum absolute atomic E-state index is 4.76. The van der Waals surface area contributed by atoms with Crippen molar-refractivity contribution in [2.75, 3.05) is 30.3 Å². The van der Waals surface area contributed by atoms with Crippen LogP contribution in [-0.4, -0.2) is 35.6 Å². The monoisotopic (exact) mass is 265 g/mol. The van der Waals surface area contributed by atoms with Crippen LogP contribution in [0.4, 0.5) is 5.82 Å². The van der Waals surface area contributed by atoms with Gasteiger partial charge in [-0.3, -0.25) is 0 Å².